The van der Waals surface area contributed by atoms with Gasteiger partial charge in [0, 0.05) is 13.7 Å². The number of benzene rings is 1. The van der Waals surface area contributed by atoms with Crippen molar-refractivity contribution in [1.29, 1.82) is 0 Å². The lowest BCUT2D eigenvalue weighted by molar-refractivity contribution is -0.123. The summed E-state index contributed by atoms with van der Waals surface area (Å²) in [6, 6.07) is 6.89. The molecule has 0 fully saturated rings. The molecule has 1 aliphatic heterocycles. The minimum atomic E-state index is -0.862. The first-order chi connectivity index (χ1) is 13.8. The van der Waals surface area contributed by atoms with E-state index in [1.165, 1.54) is 7.11 Å². The fraction of sp³-hybridized carbons (Fsp3) is 0.368. The normalized spacial score (nSPS) is 16.4. The van der Waals surface area contributed by atoms with E-state index in [0.29, 0.717) is 13.0 Å². The van der Waals surface area contributed by atoms with Gasteiger partial charge in [-0.05, 0) is 17.5 Å². The summed E-state index contributed by atoms with van der Waals surface area (Å²) in [5, 5.41) is 0. The maximum Gasteiger partial charge on any atom is 0.330 e. The molecule has 2 heterocycles. The highest BCUT2D eigenvalue weighted by Gasteiger charge is 2.32. The summed E-state index contributed by atoms with van der Waals surface area (Å²) in [7, 11) is 1.46. The Labute approximate surface area is 166 Å². The van der Waals surface area contributed by atoms with Gasteiger partial charge in [-0.3, -0.25) is 28.8 Å². The number of aromatic nitrogens is 2. The molecule has 1 aromatic carbocycles. The molecule has 0 aliphatic carbocycles. The van der Waals surface area contributed by atoms with Crippen LogP contribution in [0.1, 0.15) is 21.5 Å². The molecule has 10 nitrogen and oxygen atoms in total. The van der Waals surface area contributed by atoms with Crippen LogP contribution in [-0.4, -0.2) is 52.4 Å². The maximum absolute atomic E-state index is 12.9. The summed E-state index contributed by atoms with van der Waals surface area (Å²) in [5.41, 5.74) is 11.6. The Morgan fingerprint density at radius 2 is 1.93 bits per heavy atom. The number of nitrogens with one attached hydrogen (secondary N) is 1. The zero-order valence-corrected chi connectivity index (χ0v) is 16.0. The standard InChI is InChI=1S/C19H23N5O5/c1-29-7-6-24-16(20)15(18(27)22-19(24)28)14(25)10-23-9-12-5-3-2-4-11(12)8-13(23)17(21)26/h2-5,13H,6-10,20H2,1H3,(H2,21,26)(H,22,27,28)/t13-/m0/s1. The molecule has 1 aromatic heterocycles. The van der Waals surface area contributed by atoms with E-state index in [2.05, 4.69) is 4.98 Å². The van der Waals surface area contributed by atoms with Gasteiger partial charge in [0.2, 0.25) is 5.91 Å². The number of carbonyl (C=O) groups excluding carboxylic acids is 2. The second-order valence-electron chi connectivity index (χ2n) is 6.88. The molecule has 0 bridgehead atoms. The van der Waals surface area contributed by atoms with Crippen LogP contribution in [0.3, 0.4) is 0 Å². The fourth-order valence-electron chi connectivity index (χ4n) is 3.55. The van der Waals surface area contributed by atoms with Gasteiger partial charge < -0.3 is 16.2 Å². The van der Waals surface area contributed by atoms with Gasteiger partial charge >= 0.3 is 5.69 Å². The van der Waals surface area contributed by atoms with Crippen LogP contribution in [0.5, 0.6) is 0 Å². The third-order valence-electron chi connectivity index (χ3n) is 5.06. The van der Waals surface area contributed by atoms with Crippen LogP contribution in [0.4, 0.5) is 5.82 Å². The number of hydrogen-bond donors (Lipinski definition) is 3. The molecule has 0 radical (unpaired) electrons. The number of primary amides is 1. The first-order valence-corrected chi connectivity index (χ1v) is 9.08. The molecule has 1 atom stereocenters. The highest BCUT2D eigenvalue weighted by molar-refractivity contribution is 6.01. The zero-order chi connectivity index (χ0) is 21.1. The topological polar surface area (TPSA) is 154 Å². The summed E-state index contributed by atoms with van der Waals surface area (Å²) < 4.78 is 6.01. The Balaban J connectivity index is 1.92. The lowest BCUT2D eigenvalue weighted by Crippen LogP contribution is -2.50. The van der Waals surface area contributed by atoms with Crippen molar-refractivity contribution in [3.63, 3.8) is 0 Å². The van der Waals surface area contributed by atoms with Crippen LogP contribution in [0.2, 0.25) is 0 Å². The summed E-state index contributed by atoms with van der Waals surface area (Å²) in [6.45, 7) is 0.351. The third-order valence-corrected chi connectivity index (χ3v) is 5.06. The largest absolute Gasteiger partial charge is 0.384 e. The summed E-state index contributed by atoms with van der Waals surface area (Å²) in [6.07, 6.45) is 0.373. The van der Waals surface area contributed by atoms with Crippen molar-refractivity contribution in [3.8, 4) is 0 Å². The highest BCUT2D eigenvalue weighted by atomic mass is 16.5. The first kappa shape index (κ1) is 20.5. The quantitative estimate of drug-likeness (QED) is 0.496. The van der Waals surface area contributed by atoms with Crippen molar-refractivity contribution in [2.75, 3.05) is 26.0 Å². The number of ether oxygens (including phenoxy) is 1. The molecule has 10 heteroatoms. The molecular weight excluding hydrogens is 378 g/mol. The number of amides is 1. The van der Waals surface area contributed by atoms with Gasteiger partial charge in [0.1, 0.15) is 11.4 Å². The first-order valence-electron chi connectivity index (χ1n) is 9.08. The monoisotopic (exact) mass is 401 g/mol. The van der Waals surface area contributed by atoms with E-state index in [1.807, 2.05) is 24.3 Å². The molecule has 5 N–H and O–H groups in total. The van der Waals surface area contributed by atoms with Gasteiger partial charge in [-0.25, -0.2) is 4.79 Å². The molecule has 1 amide bonds. The Morgan fingerprint density at radius 3 is 2.59 bits per heavy atom. The second kappa shape index (κ2) is 8.41. The molecule has 0 spiro atoms. The van der Waals surface area contributed by atoms with E-state index in [9.17, 15) is 19.2 Å². The summed E-state index contributed by atoms with van der Waals surface area (Å²) >= 11 is 0. The van der Waals surface area contributed by atoms with Crippen molar-refractivity contribution in [1.82, 2.24) is 14.5 Å². The van der Waals surface area contributed by atoms with Gasteiger partial charge in [0.25, 0.3) is 5.56 Å². The number of Topliss-reactive ketones (excluding diaryl/α,β-unsaturated/α-hetero) is 1. The fourth-order valence-corrected chi connectivity index (χ4v) is 3.55. The maximum atomic E-state index is 12.9. The number of nitrogen functional groups attached to an aromatic ring is 1. The van der Waals surface area contributed by atoms with E-state index in [4.69, 9.17) is 16.2 Å². The molecular formula is C19H23N5O5. The average Bonchev–Trinajstić information content (AvgIpc) is 2.66. The second-order valence-corrected chi connectivity index (χ2v) is 6.88. The highest BCUT2D eigenvalue weighted by Crippen LogP contribution is 2.23. The Hall–Kier alpha value is -3.24. The van der Waals surface area contributed by atoms with Gasteiger partial charge in [-0.15, -0.1) is 0 Å². The molecule has 29 heavy (non-hydrogen) atoms. The molecule has 154 valence electrons. The minimum absolute atomic E-state index is 0.0826. The number of nitrogens with two attached hydrogens (primary N) is 2. The minimum Gasteiger partial charge on any atom is -0.384 e. The van der Waals surface area contributed by atoms with Crippen molar-refractivity contribution in [2.24, 2.45) is 5.73 Å². The van der Waals surface area contributed by atoms with E-state index in [-0.39, 0.29) is 31.1 Å². The lowest BCUT2D eigenvalue weighted by atomic mass is 9.93. The SMILES string of the molecule is COCCn1c(N)c(C(=O)CN2Cc3ccccc3C[C@H]2C(N)=O)c(=O)[nH]c1=O. The number of rotatable bonds is 7. The smallest absolute Gasteiger partial charge is 0.330 e. The number of H-pyrrole nitrogens is 1. The summed E-state index contributed by atoms with van der Waals surface area (Å²) in [5.74, 6) is -1.38. The molecule has 0 saturated heterocycles. The van der Waals surface area contributed by atoms with Crippen molar-refractivity contribution in [3.05, 3.63) is 61.8 Å². The van der Waals surface area contributed by atoms with Crippen LogP contribution < -0.4 is 22.7 Å². The summed E-state index contributed by atoms with van der Waals surface area (Å²) in [4.78, 5) is 52.9. The van der Waals surface area contributed by atoms with Crippen molar-refractivity contribution < 1.29 is 14.3 Å². The molecule has 2 aromatic rings. The number of hydrogen-bond acceptors (Lipinski definition) is 7. The number of ketones is 1. The zero-order valence-electron chi connectivity index (χ0n) is 16.0. The van der Waals surface area contributed by atoms with E-state index in [0.717, 1.165) is 15.7 Å². The van der Waals surface area contributed by atoms with Gasteiger partial charge in [0.15, 0.2) is 5.78 Å². The molecule has 1 aliphatic rings. The molecule has 0 saturated carbocycles. The van der Waals surface area contributed by atoms with Gasteiger partial charge in [0.05, 0.1) is 25.7 Å². The average molecular weight is 401 g/mol. The predicted molar refractivity (Wildman–Crippen MR) is 105 cm³/mol. The van der Waals surface area contributed by atoms with Crippen LogP contribution in [0, 0.1) is 0 Å². The van der Waals surface area contributed by atoms with E-state index in [1.54, 1.807) is 4.90 Å². The van der Waals surface area contributed by atoms with Crippen molar-refractivity contribution >= 4 is 17.5 Å². The number of anilines is 1. The van der Waals surface area contributed by atoms with Crippen LogP contribution in [0.15, 0.2) is 33.9 Å². The van der Waals surface area contributed by atoms with Crippen LogP contribution >= 0.6 is 0 Å². The Kier molecular flexibility index (Phi) is 5.95. The lowest BCUT2D eigenvalue weighted by Gasteiger charge is -2.34. The van der Waals surface area contributed by atoms with E-state index >= 15 is 0 Å². The van der Waals surface area contributed by atoms with Gasteiger partial charge in [-0.2, -0.15) is 0 Å². The molecule has 0 unspecified atom stereocenters. The van der Waals surface area contributed by atoms with Crippen molar-refractivity contribution in [2.45, 2.75) is 25.6 Å². The number of methoxy groups -OCH3 is 1. The van der Waals surface area contributed by atoms with Crippen LogP contribution in [0.25, 0.3) is 0 Å². The Bertz CT molecular complexity index is 1060. The number of aromatic amines is 1. The predicted octanol–water partition coefficient (Wildman–Crippen LogP) is -1.14. The number of carbonyl (C=O) groups is 2. The number of nitrogens with zero attached hydrogens (tertiary/aromatic N) is 2. The number of fused-ring (bicyclic) bond motifs is 1. The Morgan fingerprint density at radius 1 is 1.24 bits per heavy atom. The van der Waals surface area contributed by atoms with Gasteiger partial charge in [-0.1, -0.05) is 24.3 Å². The third kappa shape index (κ3) is 4.13. The van der Waals surface area contributed by atoms with Crippen LogP contribution in [-0.2, 0) is 29.0 Å². The molecule has 3 rings (SSSR count). The van der Waals surface area contributed by atoms with E-state index < -0.39 is 29.0 Å².